The minimum atomic E-state index is -0.901. The first-order chi connectivity index (χ1) is 8.77. The van der Waals surface area contributed by atoms with Crippen LogP contribution in [0.5, 0.6) is 0 Å². The Labute approximate surface area is 113 Å². The van der Waals surface area contributed by atoms with Crippen LogP contribution >= 0.6 is 0 Å². The molecule has 0 aromatic rings. The lowest BCUT2D eigenvalue weighted by molar-refractivity contribution is -0.211. The van der Waals surface area contributed by atoms with Gasteiger partial charge in [0.15, 0.2) is 0 Å². The summed E-state index contributed by atoms with van der Waals surface area (Å²) in [4.78, 5) is 11.7. The summed E-state index contributed by atoms with van der Waals surface area (Å²) in [5.41, 5.74) is -0.751. The predicted molar refractivity (Wildman–Crippen MR) is 69.2 cm³/mol. The van der Waals surface area contributed by atoms with E-state index in [1.54, 1.807) is 6.92 Å². The number of aliphatic hydroxyl groups excluding tert-OH is 1. The van der Waals surface area contributed by atoms with Crippen LogP contribution in [0.3, 0.4) is 0 Å². The maximum absolute atomic E-state index is 11.7. The van der Waals surface area contributed by atoms with Crippen LogP contribution in [0.1, 0.15) is 39.5 Å². The molecule has 1 heterocycles. The number of carbonyl (C=O) groups is 1. The Kier molecular flexibility index (Phi) is 2.64. The predicted octanol–water partition coefficient (Wildman–Crippen LogP) is 1.41. The van der Waals surface area contributed by atoms with Crippen molar-refractivity contribution in [1.29, 1.82) is 0 Å². The molecule has 0 aromatic carbocycles. The molecule has 0 aromatic heterocycles. The molecule has 2 N–H and O–H groups in total. The lowest BCUT2D eigenvalue weighted by atomic mass is 9.51. The van der Waals surface area contributed by atoms with Crippen LogP contribution in [0.4, 0.5) is 0 Å². The van der Waals surface area contributed by atoms with Gasteiger partial charge in [-0.05, 0) is 32.6 Å². The summed E-state index contributed by atoms with van der Waals surface area (Å²) in [6.45, 7) is 7.65. The second-order valence-electron chi connectivity index (χ2n) is 6.94. The zero-order chi connectivity index (χ0) is 14.0. The number of rotatable bonds is 0. The molecule has 0 unspecified atom stereocenters. The fraction of sp³-hybridized carbons (Fsp3) is 0.800. The molecule has 0 amide bonds. The summed E-state index contributed by atoms with van der Waals surface area (Å²) >= 11 is 0. The molecule has 106 valence electrons. The molecular weight excluding hydrogens is 244 g/mol. The van der Waals surface area contributed by atoms with E-state index in [-0.39, 0.29) is 29.3 Å². The number of aliphatic hydroxyl groups is 2. The number of fused-ring (bicyclic) bond motifs is 3. The standard InChI is InChI=1S/C15H22O4/c1-8-9-4-6-14(2)10(16)5-7-15(3,18)12(14)11(9)19-13(8)17/h9-12,16,18H,1,4-7H2,2-3H3/t9-,10-,11-,12+,14-,15-/m0/s1. The Bertz CT molecular complexity index is 441. The first-order valence-corrected chi connectivity index (χ1v) is 7.07. The number of ether oxygens (including phenoxy) is 1. The van der Waals surface area contributed by atoms with Crippen LogP contribution in [0, 0.1) is 17.3 Å². The molecule has 1 saturated heterocycles. The van der Waals surface area contributed by atoms with Crippen molar-refractivity contribution < 1.29 is 19.7 Å². The second-order valence-corrected chi connectivity index (χ2v) is 6.94. The van der Waals surface area contributed by atoms with Gasteiger partial charge < -0.3 is 14.9 Å². The van der Waals surface area contributed by atoms with Crippen LogP contribution in [-0.4, -0.2) is 34.0 Å². The minimum absolute atomic E-state index is 0.00218. The van der Waals surface area contributed by atoms with Gasteiger partial charge in [0.05, 0.1) is 11.7 Å². The van der Waals surface area contributed by atoms with E-state index in [1.165, 1.54) is 0 Å². The van der Waals surface area contributed by atoms with Crippen molar-refractivity contribution in [3.05, 3.63) is 12.2 Å². The first-order valence-electron chi connectivity index (χ1n) is 7.07. The molecule has 0 spiro atoms. The van der Waals surface area contributed by atoms with E-state index in [9.17, 15) is 15.0 Å². The molecule has 4 nitrogen and oxygen atoms in total. The molecule has 6 atom stereocenters. The summed E-state index contributed by atoms with van der Waals surface area (Å²) in [6, 6.07) is 0. The summed E-state index contributed by atoms with van der Waals surface area (Å²) in [5.74, 6) is -0.553. The zero-order valence-corrected chi connectivity index (χ0v) is 11.6. The van der Waals surface area contributed by atoms with Crippen molar-refractivity contribution in [2.24, 2.45) is 17.3 Å². The van der Waals surface area contributed by atoms with Gasteiger partial charge in [-0.2, -0.15) is 0 Å². The third-order valence-electron chi connectivity index (χ3n) is 5.74. The third-order valence-corrected chi connectivity index (χ3v) is 5.74. The Morgan fingerprint density at radius 3 is 2.68 bits per heavy atom. The summed E-state index contributed by atoms with van der Waals surface area (Å²) in [6.07, 6.45) is 1.98. The van der Waals surface area contributed by atoms with Crippen LogP contribution in [0.15, 0.2) is 12.2 Å². The van der Waals surface area contributed by atoms with Gasteiger partial charge in [0.1, 0.15) is 6.10 Å². The molecule has 0 bridgehead atoms. The Morgan fingerprint density at radius 2 is 2.00 bits per heavy atom. The number of carbonyl (C=O) groups excluding carboxylic acids is 1. The highest BCUT2D eigenvalue weighted by molar-refractivity contribution is 5.90. The normalized spacial score (nSPS) is 53.5. The van der Waals surface area contributed by atoms with Gasteiger partial charge in [-0.25, -0.2) is 4.79 Å². The monoisotopic (exact) mass is 266 g/mol. The quantitative estimate of drug-likeness (QED) is 0.514. The maximum Gasteiger partial charge on any atom is 0.334 e. The van der Waals surface area contributed by atoms with Gasteiger partial charge in [-0.3, -0.25) is 0 Å². The largest absolute Gasteiger partial charge is 0.458 e. The van der Waals surface area contributed by atoms with E-state index in [1.807, 2.05) is 6.92 Å². The lowest BCUT2D eigenvalue weighted by Crippen LogP contribution is -2.62. The Morgan fingerprint density at radius 1 is 1.32 bits per heavy atom. The lowest BCUT2D eigenvalue weighted by Gasteiger charge is -2.57. The maximum atomic E-state index is 11.7. The molecule has 2 aliphatic carbocycles. The van der Waals surface area contributed by atoms with Crippen molar-refractivity contribution in [1.82, 2.24) is 0 Å². The van der Waals surface area contributed by atoms with Gasteiger partial charge in [-0.15, -0.1) is 0 Å². The van der Waals surface area contributed by atoms with E-state index in [0.29, 0.717) is 18.4 Å². The highest BCUT2D eigenvalue weighted by atomic mass is 16.6. The molecule has 3 aliphatic rings. The number of esters is 1. The molecule has 3 rings (SSSR count). The van der Waals surface area contributed by atoms with E-state index >= 15 is 0 Å². The van der Waals surface area contributed by atoms with Gasteiger partial charge in [0.2, 0.25) is 0 Å². The average molecular weight is 266 g/mol. The van der Waals surface area contributed by atoms with Crippen molar-refractivity contribution in [2.75, 3.05) is 0 Å². The molecule has 2 saturated carbocycles. The molecule has 3 fully saturated rings. The van der Waals surface area contributed by atoms with Gasteiger partial charge >= 0.3 is 5.97 Å². The summed E-state index contributed by atoms with van der Waals surface area (Å²) < 4.78 is 5.49. The molecule has 4 heteroatoms. The van der Waals surface area contributed by atoms with E-state index in [0.717, 1.165) is 12.8 Å². The van der Waals surface area contributed by atoms with Gasteiger partial charge in [0.25, 0.3) is 0 Å². The average Bonchev–Trinajstić information content (AvgIpc) is 2.60. The molecule has 0 radical (unpaired) electrons. The van der Waals surface area contributed by atoms with Gasteiger partial charge in [-0.1, -0.05) is 13.5 Å². The Hall–Kier alpha value is -0.870. The van der Waals surface area contributed by atoms with E-state index in [4.69, 9.17) is 4.74 Å². The van der Waals surface area contributed by atoms with Gasteiger partial charge in [0, 0.05) is 22.8 Å². The van der Waals surface area contributed by atoms with Crippen molar-refractivity contribution in [2.45, 2.75) is 57.3 Å². The fourth-order valence-corrected chi connectivity index (χ4v) is 4.62. The highest BCUT2D eigenvalue weighted by Gasteiger charge is 2.62. The van der Waals surface area contributed by atoms with Crippen LogP contribution in [0.25, 0.3) is 0 Å². The highest BCUT2D eigenvalue weighted by Crippen LogP contribution is 2.58. The van der Waals surface area contributed by atoms with Crippen LogP contribution in [-0.2, 0) is 9.53 Å². The first kappa shape index (κ1) is 13.1. The van der Waals surface area contributed by atoms with Crippen molar-refractivity contribution in [3.63, 3.8) is 0 Å². The Balaban J connectivity index is 2.03. The third kappa shape index (κ3) is 1.62. The topological polar surface area (TPSA) is 66.8 Å². The van der Waals surface area contributed by atoms with Crippen molar-refractivity contribution in [3.8, 4) is 0 Å². The SMILES string of the molecule is C=C1C(=O)O[C@@H]2[C@@H]3[C@@](C)(CC[C@@H]12)[C@@H](O)CC[C@]3(C)O. The number of hydrogen-bond donors (Lipinski definition) is 2. The molecule has 19 heavy (non-hydrogen) atoms. The summed E-state index contributed by atoms with van der Waals surface area (Å²) in [5, 5.41) is 21.1. The fourth-order valence-electron chi connectivity index (χ4n) is 4.62. The van der Waals surface area contributed by atoms with Crippen molar-refractivity contribution >= 4 is 5.97 Å². The second kappa shape index (κ2) is 3.83. The zero-order valence-electron chi connectivity index (χ0n) is 11.6. The van der Waals surface area contributed by atoms with Crippen LogP contribution < -0.4 is 0 Å². The number of hydrogen-bond acceptors (Lipinski definition) is 4. The minimum Gasteiger partial charge on any atom is -0.458 e. The molecule has 1 aliphatic heterocycles. The smallest absolute Gasteiger partial charge is 0.334 e. The van der Waals surface area contributed by atoms with Crippen LogP contribution in [0.2, 0.25) is 0 Å². The molecular formula is C15H22O4. The summed E-state index contributed by atoms with van der Waals surface area (Å²) in [7, 11) is 0. The van der Waals surface area contributed by atoms with E-state index in [2.05, 4.69) is 6.58 Å². The van der Waals surface area contributed by atoms with E-state index < -0.39 is 11.7 Å².